The molecule has 0 aliphatic rings. The Kier molecular flexibility index (Phi) is 3.24. The molecule has 5 heteroatoms. The van der Waals surface area contributed by atoms with Crippen LogP contribution in [-0.4, -0.2) is 4.98 Å². The monoisotopic (exact) mass is 259 g/mol. The SMILES string of the molecule is CCCc1cc(Cl)c2c(F)cc(F)c(F)c2n1. The smallest absolute Gasteiger partial charge is 0.185 e. The second kappa shape index (κ2) is 4.53. The van der Waals surface area contributed by atoms with E-state index < -0.39 is 17.5 Å². The number of aromatic nitrogens is 1. The first kappa shape index (κ1) is 12.2. The number of hydrogen-bond acceptors (Lipinski definition) is 1. The second-order valence-corrected chi connectivity index (χ2v) is 4.13. The van der Waals surface area contributed by atoms with Gasteiger partial charge in [-0.15, -0.1) is 0 Å². The highest BCUT2D eigenvalue weighted by atomic mass is 35.5. The van der Waals surface area contributed by atoms with Crippen molar-refractivity contribution in [3.8, 4) is 0 Å². The van der Waals surface area contributed by atoms with Gasteiger partial charge in [0.15, 0.2) is 11.6 Å². The lowest BCUT2D eigenvalue weighted by Crippen LogP contribution is -1.98. The van der Waals surface area contributed by atoms with Crippen LogP contribution in [0.3, 0.4) is 0 Å². The van der Waals surface area contributed by atoms with E-state index in [1.807, 2.05) is 6.92 Å². The van der Waals surface area contributed by atoms with Crippen LogP contribution in [0.5, 0.6) is 0 Å². The van der Waals surface area contributed by atoms with Gasteiger partial charge in [-0.05, 0) is 12.5 Å². The van der Waals surface area contributed by atoms with Crippen molar-refractivity contribution in [3.63, 3.8) is 0 Å². The molecule has 0 spiro atoms. The molecule has 0 radical (unpaired) electrons. The lowest BCUT2D eigenvalue weighted by molar-refractivity contribution is 0.504. The summed E-state index contributed by atoms with van der Waals surface area (Å²) in [6.07, 6.45) is 1.36. The van der Waals surface area contributed by atoms with Crippen molar-refractivity contribution >= 4 is 22.5 Å². The Balaban J connectivity index is 2.81. The van der Waals surface area contributed by atoms with Crippen LogP contribution in [0.4, 0.5) is 13.2 Å². The number of nitrogens with zero attached hydrogens (tertiary/aromatic N) is 1. The minimum Gasteiger partial charge on any atom is -0.249 e. The summed E-state index contributed by atoms with van der Waals surface area (Å²) in [6, 6.07) is 1.96. The fraction of sp³-hybridized carbons (Fsp3) is 0.250. The maximum atomic E-state index is 13.5. The first-order valence-corrected chi connectivity index (χ1v) is 5.55. The van der Waals surface area contributed by atoms with E-state index in [0.717, 1.165) is 6.42 Å². The van der Waals surface area contributed by atoms with Crippen molar-refractivity contribution in [3.05, 3.63) is 40.3 Å². The van der Waals surface area contributed by atoms with Crippen LogP contribution in [0.2, 0.25) is 5.02 Å². The zero-order valence-electron chi connectivity index (χ0n) is 9.03. The van der Waals surface area contributed by atoms with Gasteiger partial charge in [-0.2, -0.15) is 0 Å². The van der Waals surface area contributed by atoms with Gasteiger partial charge < -0.3 is 0 Å². The number of benzene rings is 1. The number of hydrogen-bond donors (Lipinski definition) is 0. The van der Waals surface area contributed by atoms with Gasteiger partial charge in [0.1, 0.15) is 11.3 Å². The lowest BCUT2D eigenvalue weighted by Gasteiger charge is -2.07. The van der Waals surface area contributed by atoms with E-state index in [-0.39, 0.29) is 15.9 Å². The third kappa shape index (κ3) is 2.09. The minimum absolute atomic E-state index is 0.0508. The van der Waals surface area contributed by atoms with Crippen LogP contribution in [0.1, 0.15) is 19.0 Å². The van der Waals surface area contributed by atoms with E-state index >= 15 is 0 Å². The van der Waals surface area contributed by atoms with Gasteiger partial charge in [0.05, 0.1) is 10.4 Å². The van der Waals surface area contributed by atoms with Crippen molar-refractivity contribution in [1.82, 2.24) is 4.98 Å². The molecule has 0 saturated carbocycles. The quantitative estimate of drug-likeness (QED) is 0.735. The molecular weight excluding hydrogens is 251 g/mol. The number of fused-ring (bicyclic) bond motifs is 1. The zero-order valence-corrected chi connectivity index (χ0v) is 9.78. The maximum absolute atomic E-state index is 13.5. The van der Waals surface area contributed by atoms with Crippen LogP contribution in [0, 0.1) is 17.5 Å². The molecule has 0 N–H and O–H groups in total. The topological polar surface area (TPSA) is 12.9 Å². The molecule has 90 valence electrons. The highest BCUT2D eigenvalue weighted by Crippen LogP contribution is 2.29. The molecule has 0 saturated heterocycles. The van der Waals surface area contributed by atoms with Crippen molar-refractivity contribution in [2.24, 2.45) is 0 Å². The van der Waals surface area contributed by atoms with E-state index in [1.165, 1.54) is 6.07 Å². The van der Waals surface area contributed by atoms with Crippen molar-refractivity contribution in [2.75, 3.05) is 0 Å². The molecule has 0 amide bonds. The molecule has 0 fully saturated rings. The summed E-state index contributed by atoms with van der Waals surface area (Å²) < 4.78 is 40.1. The van der Waals surface area contributed by atoms with E-state index in [2.05, 4.69) is 4.98 Å². The molecular formula is C12H9ClF3N. The van der Waals surface area contributed by atoms with Gasteiger partial charge in [-0.1, -0.05) is 24.9 Å². The van der Waals surface area contributed by atoms with Crippen LogP contribution in [0.25, 0.3) is 10.9 Å². The highest BCUT2D eigenvalue weighted by molar-refractivity contribution is 6.35. The summed E-state index contributed by atoms with van der Waals surface area (Å²) in [5.74, 6) is -3.33. The Hall–Kier alpha value is -1.29. The second-order valence-electron chi connectivity index (χ2n) is 3.72. The largest absolute Gasteiger partial charge is 0.249 e. The Labute approximate surface area is 101 Å². The Bertz CT molecular complexity index is 584. The summed E-state index contributed by atoms with van der Waals surface area (Å²) >= 11 is 5.86. The average molecular weight is 260 g/mol. The van der Waals surface area contributed by atoms with Crippen molar-refractivity contribution < 1.29 is 13.2 Å². The van der Waals surface area contributed by atoms with E-state index in [0.29, 0.717) is 18.2 Å². The molecule has 0 atom stereocenters. The van der Waals surface area contributed by atoms with Crippen LogP contribution < -0.4 is 0 Å². The number of rotatable bonds is 2. The normalized spacial score (nSPS) is 11.1. The van der Waals surface area contributed by atoms with Crippen LogP contribution in [0.15, 0.2) is 12.1 Å². The lowest BCUT2D eigenvalue weighted by atomic mass is 10.1. The number of pyridine rings is 1. The van der Waals surface area contributed by atoms with Crippen LogP contribution >= 0.6 is 11.6 Å². The summed E-state index contributed by atoms with van der Waals surface area (Å²) in [7, 11) is 0. The minimum atomic E-state index is -1.26. The van der Waals surface area contributed by atoms with Gasteiger partial charge in [-0.3, -0.25) is 0 Å². The average Bonchev–Trinajstić information content (AvgIpc) is 2.25. The fourth-order valence-electron chi connectivity index (χ4n) is 1.69. The predicted molar refractivity (Wildman–Crippen MR) is 60.6 cm³/mol. The Morgan fingerprint density at radius 2 is 1.88 bits per heavy atom. The molecule has 1 aromatic carbocycles. The van der Waals surface area contributed by atoms with Crippen molar-refractivity contribution in [1.29, 1.82) is 0 Å². The summed E-state index contributed by atoms with van der Waals surface area (Å²) in [4.78, 5) is 3.91. The molecule has 1 aromatic heterocycles. The van der Waals surface area contributed by atoms with Crippen molar-refractivity contribution in [2.45, 2.75) is 19.8 Å². The third-order valence-corrected chi connectivity index (χ3v) is 2.74. The highest BCUT2D eigenvalue weighted by Gasteiger charge is 2.17. The Morgan fingerprint density at radius 3 is 2.53 bits per heavy atom. The predicted octanol–water partition coefficient (Wildman–Crippen LogP) is 4.26. The van der Waals surface area contributed by atoms with Gasteiger partial charge in [0.2, 0.25) is 0 Å². The Morgan fingerprint density at radius 1 is 1.18 bits per heavy atom. The maximum Gasteiger partial charge on any atom is 0.185 e. The number of aryl methyl sites for hydroxylation is 1. The molecule has 0 bridgehead atoms. The molecule has 17 heavy (non-hydrogen) atoms. The van der Waals surface area contributed by atoms with Gasteiger partial charge in [0, 0.05) is 11.8 Å². The molecule has 1 heterocycles. The third-order valence-electron chi connectivity index (χ3n) is 2.44. The molecule has 0 aliphatic heterocycles. The first-order chi connectivity index (χ1) is 8.04. The molecule has 0 unspecified atom stereocenters. The van der Waals surface area contributed by atoms with E-state index in [1.54, 1.807) is 0 Å². The first-order valence-electron chi connectivity index (χ1n) is 5.17. The van der Waals surface area contributed by atoms with Gasteiger partial charge >= 0.3 is 0 Å². The fourth-order valence-corrected chi connectivity index (χ4v) is 2.00. The zero-order chi connectivity index (χ0) is 12.6. The standard InChI is InChI=1S/C12H9ClF3N/c1-2-3-6-4-7(13)10-8(14)5-9(15)11(16)12(10)17-6/h4-5H,2-3H2,1H3. The molecule has 1 nitrogen and oxygen atoms in total. The summed E-state index contributed by atoms with van der Waals surface area (Å²) in [5.41, 5.74) is 0.173. The van der Waals surface area contributed by atoms with E-state index in [9.17, 15) is 13.2 Å². The van der Waals surface area contributed by atoms with Crippen LogP contribution in [-0.2, 0) is 6.42 Å². The number of halogens is 4. The molecule has 2 aromatic rings. The van der Waals surface area contributed by atoms with E-state index in [4.69, 9.17) is 11.6 Å². The summed E-state index contributed by atoms with van der Waals surface area (Å²) in [5, 5.41) is -0.125. The van der Waals surface area contributed by atoms with Gasteiger partial charge in [0.25, 0.3) is 0 Å². The molecule has 2 rings (SSSR count). The van der Waals surface area contributed by atoms with Gasteiger partial charge in [-0.25, -0.2) is 18.2 Å². The summed E-state index contributed by atoms with van der Waals surface area (Å²) in [6.45, 7) is 1.92. The molecule has 0 aliphatic carbocycles.